The fourth-order valence-corrected chi connectivity index (χ4v) is 6.74. The van der Waals surface area contributed by atoms with Crippen molar-refractivity contribution in [3.05, 3.63) is 28.6 Å². The molecule has 0 atom stereocenters. The molecule has 0 unspecified atom stereocenters. The summed E-state index contributed by atoms with van der Waals surface area (Å²) in [6.45, 7) is 6.92. The van der Waals surface area contributed by atoms with Gasteiger partial charge in [0.1, 0.15) is 10.6 Å². The fourth-order valence-electron chi connectivity index (χ4n) is 4.53. The summed E-state index contributed by atoms with van der Waals surface area (Å²) in [4.78, 5) is 7.25. The Morgan fingerprint density at radius 2 is 1.87 bits per heavy atom. The summed E-state index contributed by atoms with van der Waals surface area (Å²) in [5, 5.41) is 2.92. The molecule has 164 valence electrons. The molecule has 8 heteroatoms. The number of nitrogens with zero attached hydrogens (tertiary/aromatic N) is 3. The Hall–Kier alpha value is -1.48. The van der Waals surface area contributed by atoms with E-state index in [-0.39, 0.29) is 4.90 Å². The third-order valence-electron chi connectivity index (χ3n) is 6.14. The summed E-state index contributed by atoms with van der Waals surface area (Å²) in [5.74, 6) is 0.419. The van der Waals surface area contributed by atoms with Crippen molar-refractivity contribution in [2.75, 3.05) is 32.8 Å². The topological polar surface area (TPSA) is 62.7 Å². The molecule has 6 nitrogen and oxygen atoms in total. The predicted octanol–water partition coefficient (Wildman–Crippen LogP) is 4.16. The van der Waals surface area contributed by atoms with Gasteiger partial charge in [-0.2, -0.15) is 4.31 Å². The van der Waals surface area contributed by atoms with E-state index in [1.807, 2.05) is 25.3 Å². The summed E-state index contributed by atoms with van der Waals surface area (Å²) in [5.41, 5.74) is 1.61. The van der Waals surface area contributed by atoms with Crippen LogP contribution in [0.5, 0.6) is 5.75 Å². The van der Waals surface area contributed by atoms with E-state index in [1.54, 1.807) is 27.8 Å². The van der Waals surface area contributed by atoms with E-state index in [9.17, 15) is 8.42 Å². The van der Waals surface area contributed by atoms with Crippen LogP contribution < -0.4 is 4.74 Å². The fraction of sp³-hybridized carbons (Fsp3) is 0.591. The van der Waals surface area contributed by atoms with E-state index in [1.165, 1.54) is 32.1 Å². The van der Waals surface area contributed by atoms with E-state index < -0.39 is 10.0 Å². The van der Waals surface area contributed by atoms with Crippen molar-refractivity contribution >= 4 is 21.4 Å². The first-order valence-electron chi connectivity index (χ1n) is 10.9. The van der Waals surface area contributed by atoms with Gasteiger partial charge in [-0.15, -0.1) is 11.3 Å². The van der Waals surface area contributed by atoms with Gasteiger partial charge in [0.25, 0.3) is 0 Å². The summed E-state index contributed by atoms with van der Waals surface area (Å²) in [7, 11) is -3.64. The van der Waals surface area contributed by atoms with Gasteiger partial charge in [0.05, 0.1) is 17.3 Å². The molecule has 0 amide bonds. The van der Waals surface area contributed by atoms with Gasteiger partial charge in [0, 0.05) is 43.2 Å². The summed E-state index contributed by atoms with van der Waals surface area (Å²) in [6, 6.07) is 6.00. The van der Waals surface area contributed by atoms with Gasteiger partial charge < -0.3 is 4.74 Å². The van der Waals surface area contributed by atoms with E-state index >= 15 is 0 Å². The maximum atomic E-state index is 13.6. The van der Waals surface area contributed by atoms with Crippen LogP contribution in [0.2, 0.25) is 0 Å². The molecule has 0 spiro atoms. The molecule has 2 aromatic rings. The molecule has 1 saturated carbocycles. The van der Waals surface area contributed by atoms with Crippen molar-refractivity contribution in [1.82, 2.24) is 14.2 Å². The van der Waals surface area contributed by atoms with Crippen LogP contribution in [0.15, 0.2) is 28.5 Å². The zero-order valence-electron chi connectivity index (χ0n) is 17.8. The lowest BCUT2D eigenvalue weighted by atomic mass is 9.94. The lowest BCUT2D eigenvalue weighted by Crippen LogP contribution is -2.52. The zero-order chi connectivity index (χ0) is 21.1. The van der Waals surface area contributed by atoms with Gasteiger partial charge in [-0.25, -0.2) is 13.4 Å². The lowest BCUT2D eigenvalue weighted by Gasteiger charge is -2.40. The molecule has 1 saturated heterocycles. The highest BCUT2D eigenvalue weighted by molar-refractivity contribution is 7.89. The van der Waals surface area contributed by atoms with Crippen molar-refractivity contribution in [3.8, 4) is 17.0 Å². The maximum absolute atomic E-state index is 13.6. The normalized spacial score (nSPS) is 19.8. The SMILES string of the molecule is CCOc1ccc(-c2csc(C)n2)cc1S(=O)(=O)N1CCN(C2CCCCC2)CC1. The Morgan fingerprint density at radius 1 is 1.13 bits per heavy atom. The lowest BCUT2D eigenvalue weighted by molar-refractivity contribution is 0.111. The number of ether oxygens (including phenoxy) is 1. The minimum Gasteiger partial charge on any atom is -0.492 e. The highest BCUT2D eigenvalue weighted by Gasteiger charge is 2.33. The highest BCUT2D eigenvalue weighted by Crippen LogP contribution is 2.33. The minimum atomic E-state index is -3.64. The molecular weight excluding hydrogens is 418 g/mol. The number of hydrogen-bond acceptors (Lipinski definition) is 6. The van der Waals surface area contributed by atoms with Crippen LogP contribution in [-0.4, -0.2) is 61.4 Å². The molecule has 1 aromatic carbocycles. The van der Waals surface area contributed by atoms with Crippen LogP contribution in [0.4, 0.5) is 0 Å². The van der Waals surface area contributed by atoms with E-state index in [2.05, 4.69) is 9.88 Å². The van der Waals surface area contributed by atoms with Crippen molar-refractivity contribution in [1.29, 1.82) is 0 Å². The number of aryl methyl sites for hydroxylation is 1. The number of rotatable bonds is 6. The molecule has 1 aliphatic heterocycles. The number of benzene rings is 1. The highest BCUT2D eigenvalue weighted by atomic mass is 32.2. The van der Waals surface area contributed by atoms with E-state index in [0.29, 0.717) is 31.5 Å². The molecule has 1 aromatic heterocycles. The third-order valence-corrected chi connectivity index (χ3v) is 8.83. The van der Waals surface area contributed by atoms with Gasteiger partial charge in [0.15, 0.2) is 0 Å². The third kappa shape index (κ3) is 4.56. The Balaban J connectivity index is 1.56. The van der Waals surface area contributed by atoms with Crippen molar-refractivity contribution in [2.45, 2.75) is 56.9 Å². The maximum Gasteiger partial charge on any atom is 0.246 e. The predicted molar refractivity (Wildman–Crippen MR) is 121 cm³/mol. The summed E-state index contributed by atoms with van der Waals surface area (Å²) in [6.07, 6.45) is 6.42. The molecule has 0 N–H and O–H groups in total. The summed E-state index contributed by atoms with van der Waals surface area (Å²) < 4.78 is 34.4. The second kappa shape index (κ2) is 9.34. The largest absolute Gasteiger partial charge is 0.492 e. The zero-order valence-corrected chi connectivity index (χ0v) is 19.5. The molecule has 30 heavy (non-hydrogen) atoms. The van der Waals surface area contributed by atoms with Gasteiger partial charge >= 0.3 is 0 Å². The molecule has 0 radical (unpaired) electrons. The Labute approximate surface area is 183 Å². The smallest absolute Gasteiger partial charge is 0.246 e. The Morgan fingerprint density at radius 3 is 2.50 bits per heavy atom. The van der Waals surface area contributed by atoms with E-state index in [0.717, 1.165) is 29.4 Å². The number of sulfonamides is 1. The molecular formula is C22H31N3O3S2. The molecule has 2 aliphatic rings. The van der Waals surface area contributed by atoms with Crippen LogP contribution in [0, 0.1) is 6.92 Å². The van der Waals surface area contributed by atoms with Crippen molar-refractivity contribution < 1.29 is 13.2 Å². The number of piperazine rings is 1. The van der Waals surface area contributed by atoms with Gasteiger partial charge in [0.2, 0.25) is 10.0 Å². The average Bonchev–Trinajstić information content (AvgIpc) is 3.21. The number of hydrogen-bond donors (Lipinski definition) is 0. The van der Waals surface area contributed by atoms with E-state index in [4.69, 9.17) is 4.74 Å². The van der Waals surface area contributed by atoms with Gasteiger partial charge in [-0.3, -0.25) is 4.90 Å². The standard InChI is InChI=1S/C22H31N3O3S2/c1-3-28-21-10-9-18(20-16-29-17(2)23-20)15-22(21)30(26,27)25-13-11-24(12-14-25)19-7-5-4-6-8-19/h9-10,15-16,19H,3-8,11-14H2,1-2H3. The monoisotopic (exact) mass is 449 g/mol. The molecule has 0 bridgehead atoms. The average molecular weight is 450 g/mol. The van der Waals surface area contributed by atoms with Crippen molar-refractivity contribution in [3.63, 3.8) is 0 Å². The van der Waals surface area contributed by atoms with Crippen LogP contribution in [0.25, 0.3) is 11.3 Å². The van der Waals surface area contributed by atoms with Gasteiger partial charge in [-0.1, -0.05) is 19.3 Å². The van der Waals surface area contributed by atoms with Crippen molar-refractivity contribution in [2.24, 2.45) is 0 Å². The number of thiazole rings is 1. The molecule has 2 heterocycles. The van der Waals surface area contributed by atoms with Crippen LogP contribution in [0.1, 0.15) is 44.0 Å². The first-order valence-corrected chi connectivity index (χ1v) is 13.2. The first-order chi connectivity index (χ1) is 14.5. The molecule has 1 aliphatic carbocycles. The second-order valence-corrected chi connectivity index (χ2v) is 11.0. The minimum absolute atomic E-state index is 0.249. The van der Waals surface area contributed by atoms with Crippen LogP contribution in [-0.2, 0) is 10.0 Å². The van der Waals surface area contributed by atoms with Gasteiger partial charge in [-0.05, 0) is 44.9 Å². The number of aromatic nitrogens is 1. The first kappa shape index (κ1) is 21.7. The Kier molecular flexibility index (Phi) is 6.77. The quantitative estimate of drug-likeness (QED) is 0.663. The Bertz CT molecular complexity index is 960. The molecule has 4 rings (SSSR count). The van der Waals surface area contributed by atoms with Crippen LogP contribution in [0.3, 0.4) is 0 Å². The van der Waals surface area contributed by atoms with Crippen LogP contribution >= 0.6 is 11.3 Å². The summed E-state index contributed by atoms with van der Waals surface area (Å²) >= 11 is 1.56. The molecule has 2 fully saturated rings. The second-order valence-electron chi connectivity index (χ2n) is 8.08.